The van der Waals surface area contributed by atoms with Crippen LogP contribution >= 0.6 is 0 Å². The van der Waals surface area contributed by atoms with Gasteiger partial charge in [-0.05, 0) is 42.7 Å². The number of nitrogens with one attached hydrogen (secondary N) is 1. The quantitative estimate of drug-likeness (QED) is 0.851. The van der Waals surface area contributed by atoms with Crippen LogP contribution < -0.4 is 11.1 Å². The maximum atomic E-state index is 13.1. The predicted molar refractivity (Wildman–Crippen MR) is 85.1 cm³/mol. The molecule has 0 saturated heterocycles. The molecule has 0 aromatic heterocycles. The number of nitrogen functional groups attached to an aromatic ring is 1. The van der Waals surface area contributed by atoms with E-state index in [1.165, 1.54) is 12.1 Å². The van der Waals surface area contributed by atoms with Crippen molar-refractivity contribution in [3.63, 3.8) is 0 Å². The first kappa shape index (κ1) is 14.6. The van der Waals surface area contributed by atoms with Crippen LogP contribution in [0.4, 0.5) is 10.1 Å². The first-order valence-corrected chi connectivity index (χ1v) is 7.49. The molecule has 0 unspecified atom stereocenters. The number of nitrogens with two attached hydrogens (primary N) is 1. The Labute approximate surface area is 129 Å². The summed E-state index contributed by atoms with van der Waals surface area (Å²) in [6, 6.07) is 13.6. The molecule has 0 heterocycles. The molecule has 3 rings (SSSR count). The van der Waals surface area contributed by atoms with E-state index < -0.39 is 0 Å². The summed E-state index contributed by atoms with van der Waals surface area (Å²) in [4.78, 5) is 12.3. The van der Waals surface area contributed by atoms with Gasteiger partial charge >= 0.3 is 0 Å². The fourth-order valence-corrected chi connectivity index (χ4v) is 3.02. The van der Waals surface area contributed by atoms with Gasteiger partial charge in [0.1, 0.15) is 5.82 Å². The van der Waals surface area contributed by atoms with Crippen molar-refractivity contribution in [3.05, 3.63) is 65.5 Å². The lowest BCUT2D eigenvalue weighted by molar-refractivity contribution is 0.0928. The zero-order chi connectivity index (χ0) is 15.6. The molecule has 1 aliphatic carbocycles. The summed E-state index contributed by atoms with van der Waals surface area (Å²) in [5, 5.41) is 2.98. The normalized spacial score (nSPS) is 15.9. The van der Waals surface area contributed by atoms with Gasteiger partial charge in [-0.2, -0.15) is 0 Å². The van der Waals surface area contributed by atoms with Crippen molar-refractivity contribution in [2.75, 3.05) is 12.3 Å². The van der Waals surface area contributed by atoms with E-state index >= 15 is 0 Å². The Morgan fingerprint density at radius 3 is 2.41 bits per heavy atom. The summed E-state index contributed by atoms with van der Waals surface area (Å²) in [6.45, 7) is 0.547. The van der Waals surface area contributed by atoms with Gasteiger partial charge in [0.15, 0.2) is 0 Å². The molecule has 3 N–H and O–H groups in total. The molecule has 1 amide bonds. The molecular weight excluding hydrogens is 279 g/mol. The van der Waals surface area contributed by atoms with Crippen molar-refractivity contribution in [3.8, 4) is 0 Å². The topological polar surface area (TPSA) is 55.1 Å². The van der Waals surface area contributed by atoms with Gasteiger partial charge in [-0.15, -0.1) is 0 Å². The first-order valence-electron chi connectivity index (χ1n) is 7.49. The predicted octanol–water partition coefficient (Wildman–Crippen LogP) is 3.26. The van der Waals surface area contributed by atoms with Crippen LogP contribution in [0.25, 0.3) is 0 Å². The molecular formula is C18H19FN2O. The van der Waals surface area contributed by atoms with Crippen LogP contribution in [0.15, 0.2) is 48.5 Å². The Balaban J connectivity index is 1.73. The van der Waals surface area contributed by atoms with E-state index in [4.69, 9.17) is 5.73 Å². The third kappa shape index (κ3) is 2.69. The van der Waals surface area contributed by atoms with Gasteiger partial charge in [0.25, 0.3) is 5.91 Å². The summed E-state index contributed by atoms with van der Waals surface area (Å²) in [5.41, 5.74) is 7.81. The molecule has 0 bridgehead atoms. The minimum absolute atomic E-state index is 0.0765. The van der Waals surface area contributed by atoms with E-state index in [0.717, 1.165) is 24.8 Å². The van der Waals surface area contributed by atoms with Crippen molar-refractivity contribution in [1.29, 1.82) is 0 Å². The average Bonchev–Trinajstić information content (AvgIpc) is 2.48. The van der Waals surface area contributed by atoms with E-state index in [9.17, 15) is 9.18 Å². The van der Waals surface area contributed by atoms with Crippen LogP contribution in [0, 0.1) is 5.82 Å². The number of para-hydroxylation sites is 1. The second-order valence-corrected chi connectivity index (χ2v) is 5.91. The number of hydrogen-bond acceptors (Lipinski definition) is 2. The Bertz CT molecular complexity index is 678. The van der Waals surface area contributed by atoms with Crippen LogP contribution in [-0.2, 0) is 5.41 Å². The number of carbonyl (C=O) groups excluding carboxylic acids is 1. The molecule has 1 fully saturated rings. The number of hydrogen-bond donors (Lipinski definition) is 2. The van der Waals surface area contributed by atoms with Crippen molar-refractivity contribution in [2.45, 2.75) is 24.7 Å². The third-order valence-electron chi connectivity index (χ3n) is 4.56. The van der Waals surface area contributed by atoms with E-state index in [-0.39, 0.29) is 17.1 Å². The summed E-state index contributed by atoms with van der Waals surface area (Å²) in [5.74, 6) is -0.397. The minimum Gasteiger partial charge on any atom is -0.398 e. The summed E-state index contributed by atoms with van der Waals surface area (Å²) >= 11 is 0. The average molecular weight is 298 g/mol. The Hall–Kier alpha value is -2.36. The maximum absolute atomic E-state index is 13.1. The first-order chi connectivity index (χ1) is 10.6. The number of halogens is 1. The van der Waals surface area contributed by atoms with Crippen LogP contribution in [0.3, 0.4) is 0 Å². The number of rotatable bonds is 4. The smallest absolute Gasteiger partial charge is 0.253 e. The fraction of sp³-hybridized carbons (Fsp3) is 0.278. The molecule has 1 saturated carbocycles. The molecule has 0 spiro atoms. The third-order valence-corrected chi connectivity index (χ3v) is 4.56. The van der Waals surface area contributed by atoms with Gasteiger partial charge in [-0.1, -0.05) is 30.7 Å². The lowest BCUT2D eigenvalue weighted by Crippen LogP contribution is -2.45. The summed E-state index contributed by atoms with van der Waals surface area (Å²) in [6.07, 6.45) is 3.13. The van der Waals surface area contributed by atoms with Crippen LogP contribution in [0.2, 0.25) is 0 Å². The zero-order valence-electron chi connectivity index (χ0n) is 12.3. The number of benzene rings is 2. The lowest BCUT2D eigenvalue weighted by Gasteiger charge is -2.42. The van der Waals surface area contributed by atoms with Gasteiger partial charge in [-0.25, -0.2) is 4.39 Å². The summed E-state index contributed by atoms with van der Waals surface area (Å²) in [7, 11) is 0. The number of amides is 1. The van der Waals surface area contributed by atoms with Crippen LogP contribution in [-0.4, -0.2) is 12.5 Å². The highest BCUT2D eigenvalue weighted by Gasteiger charge is 2.38. The van der Waals surface area contributed by atoms with Gasteiger partial charge in [0, 0.05) is 17.6 Å². The molecule has 2 aromatic rings. The molecule has 0 aliphatic heterocycles. The van der Waals surface area contributed by atoms with Crippen LogP contribution in [0.5, 0.6) is 0 Å². The maximum Gasteiger partial charge on any atom is 0.253 e. The van der Waals surface area contributed by atoms with E-state index in [0.29, 0.717) is 17.8 Å². The van der Waals surface area contributed by atoms with Crippen LogP contribution in [0.1, 0.15) is 35.2 Å². The highest BCUT2D eigenvalue weighted by Crippen LogP contribution is 2.43. The molecule has 2 aromatic carbocycles. The SMILES string of the molecule is Nc1ccccc1C(=O)NCC1(c2ccc(F)cc2)CCC1. The van der Waals surface area contributed by atoms with Crippen molar-refractivity contribution in [1.82, 2.24) is 5.32 Å². The molecule has 0 atom stereocenters. The Kier molecular flexibility index (Phi) is 3.84. The van der Waals surface area contributed by atoms with Gasteiger partial charge < -0.3 is 11.1 Å². The van der Waals surface area contributed by atoms with E-state index in [1.807, 2.05) is 12.1 Å². The lowest BCUT2D eigenvalue weighted by atomic mass is 9.64. The second kappa shape index (κ2) is 5.79. The minimum atomic E-state index is -0.237. The standard InChI is InChI=1S/C18H19FN2O/c19-14-8-6-13(7-9-14)18(10-3-11-18)12-21-17(22)15-4-1-2-5-16(15)20/h1-2,4-9H,3,10-12,20H2,(H,21,22). The van der Waals surface area contributed by atoms with Gasteiger partial charge in [0.05, 0.1) is 5.56 Å². The molecule has 1 aliphatic rings. The van der Waals surface area contributed by atoms with Crippen molar-refractivity contribution >= 4 is 11.6 Å². The Morgan fingerprint density at radius 2 is 1.82 bits per heavy atom. The Morgan fingerprint density at radius 1 is 1.14 bits per heavy atom. The zero-order valence-corrected chi connectivity index (χ0v) is 12.3. The highest BCUT2D eigenvalue weighted by atomic mass is 19.1. The van der Waals surface area contributed by atoms with Gasteiger partial charge in [-0.3, -0.25) is 4.79 Å². The molecule has 114 valence electrons. The van der Waals surface area contributed by atoms with E-state index in [2.05, 4.69) is 5.32 Å². The van der Waals surface area contributed by atoms with Crippen molar-refractivity contribution < 1.29 is 9.18 Å². The van der Waals surface area contributed by atoms with Crippen molar-refractivity contribution in [2.24, 2.45) is 0 Å². The molecule has 22 heavy (non-hydrogen) atoms. The van der Waals surface area contributed by atoms with Gasteiger partial charge in [0.2, 0.25) is 0 Å². The number of anilines is 1. The largest absolute Gasteiger partial charge is 0.398 e. The molecule has 3 nitrogen and oxygen atoms in total. The second-order valence-electron chi connectivity index (χ2n) is 5.91. The highest BCUT2D eigenvalue weighted by molar-refractivity contribution is 5.99. The molecule has 0 radical (unpaired) electrons. The summed E-state index contributed by atoms with van der Waals surface area (Å²) < 4.78 is 13.1. The number of carbonyl (C=O) groups is 1. The van der Waals surface area contributed by atoms with E-state index in [1.54, 1.807) is 24.3 Å². The molecule has 4 heteroatoms. The fourth-order valence-electron chi connectivity index (χ4n) is 3.02. The monoisotopic (exact) mass is 298 g/mol.